The summed E-state index contributed by atoms with van der Waals surface area (Å²) in [5.41, 5.74) is -0.534. The van der Waals surface area contributed by atoms with Gasteiger partial charge in [-0.1, -0.05) is 13.8 Å². The molecule has 0 bridgehead atoms. The second-order valence-electron chi connectivity index (χ2n) is 7.94. The summed E-state index contributed by atoms with van der Waals surface area (Å²) in [5, 5.41) is 2.95. The predicted molar refractivity (Wildman–Crippen MR) is 85.5 cm³/mol. The lowest BCUT2D eigenvalue weighted by atomic mass is 9.68. The summed E-state index contributed by atoms with van der Waals surface area (Å²) in [6.07, 6.45) is 3.96. The minimum absolute atomic E-state index is 0.0655. The van der Waals surface area contributed by atoms with Crippen molar-refractivity contribution in [1.29, 1.82) is 0 Å². The van der Waals surface area contributed by atoms with Crippen LogP contribution in [0.1, 0.15) is 66.7 Å². The third-order valence-corrected chi connectivity index (χ3v) is 4.38. The lowest BCUT2D eigenvalue weighted by Gasteiger charge is -2.39. The van der Waals surface area contributed by atoms with Gasteiger partial charge in [-0.25, -0.2) is 4.79 Å². The molecule has 1 fully saturated rings. The number of carbonyl (C=O) groups excluding carboxylic acids is 2. The van der Waals surface area contributed by atoms with Crippen LogP contribution in [0.2, 0.25) is 0 Å². The molecule has 0 unspecified atom stereocenters. The molecule has 1 N–H and O–H groups in total. The Bertz CT molecular complexity index is 390. The van der Waals surface area contributed by atoms with Crippen LogP contribution in [-0.2, 0) is 14.3 Å². The van der Waals surface area contributed by atoms with E-state index in [9.17, 15) is 9.59 Å². The summed E-state index contributed by atoms with van der Waals surface area (Å²) in [6.45, 7) is 9.82. The Morgan fingerprint density at radius 2 is 1.59 bits per heavy atom. The summed E-state index contributed by atoms with van der Waals surface area (Å²) in [4.78, 5) is 23.3. The summed E-state index contributed by atoms with van der Waals surface area (Å²) in [6, 6.07) is 0.167. The van der Waals surface area contributed by atoms with Gasteiger partial charge in [0.1, 0.15) is 5.60 Å². The van der Waals surface area contributed by atoms with Gasteiger partial charge < -0.3 is 14.8 Å². The third kappa shape index (κ3) is 6.24. The first-order valence-corrected chi connectivity index (χ1v) is 8.10. The maximum atomic E-state index is 11.8. The molecule has 128 valence electrons. The van der Waals surface area contributed by atoms with Crippen molar-refractivity contribution >= 4 is 12.1 Å². The highest BCUT2D eigenvalue weighted by Gasteiger charge is 2.35. The molecule has 1 amide bonds. The number of alkyl carbamates (subject to hydrolysis) is 1. The number of hydrogen-bond acceptors (Lipinski definition) is 4. The number of ether oxygens (including phenoxy) is 2. The van der Waals surface area contributed by atoms with Crippen LogP contribution in [-0.4, -0.2) is 30.8 Å². The van der Waals surface area contributed by atoms with Crippen LogP contribution in [0, 0.1) is 11.3 Å². The molecule has 0 aromatic carbocycles. The van der Waals surface area contributed by atoms with Crippen LogP contribution in [0.5, 0.6) is 0 Å². The van der Waals surface area contributed by atoms with Crippen LogP contribution in [0.15, 0.2) is 0 Å². The van der Waals surface area contributed by atoms with Crippen molar-refractivity contribution in [1.82, 2.24) is 5.32 Å². The second kappa shape index (κ2) is 7.34. The number of hydrogen-bond donors (Lipinski definition) is 1. The monoisotopic (exact) mass is 313 g/mol. The van der Waals surface area contributed by atoms with Gasteiger partial charge in [-0.2, -0.15) is 0 Å². The first-order valence-electron chi connectivity index (χ1n) is 8.10. The van der Waals surface area contributed by atoms with Crippen molar-refractivity contribution in [2.75, 3.05) is 7.11 Å². The normalized spacial score (nSPS) is 22.8. The molecule has 1 aliphatic rings. The summed E-state index contributed by atoms with van der Waals surface area (Å²) in [5.74, 6) is 0.322. The molecule has 1 saturated carbocycles. The van der Waals surface area contributed by atoms with Gasteiger partial charge in [-0.15, -0.1) is 0 Å². The Morgan fingerprint density at radius 1 is 1.05 bits per heavy atom. The molecular formula is C17H31NO4. The first-order chi connectivity index (χ1) is 10.0. The molecule has 0 aromatic heterocycles. The molecule has 0 atom stereocenters. The van der Waals surface area contributed by atoms with Gasteiger partial charge in [0.15, 0.2) is 0 Å². The summed E-state index contributed by atoms with van der Waals surface area (Å²) < 4.78 is 10.1. The van der Waals surface area contributed by atoms with Crippen molar-refractivity contribution in [3.05, 3.63) is 0 Å². The van der Waals surface area contributed by atoms with E-state index < -0.39 is 5.60 Å². The molecule has 0 saturated heterocycles. The van der Waals surface area contributed by atoms with Crippen molar-refractivity contribution in [2.45, 2.75) is 78.4 Å². The van der Waals surface area contributed by atoms with Crippen molar-refractivity contribution in [2.24, 2.45) is 11.3 Å². The molecule has 5 heteroatoms. The maximum Gasteiger partial charge on any atom is 0.407 e. The van der Waals surface area contributed by atoms with Gasteiger partial charge in [-0.3, -0.25) is 4.79 Å². The fraction of sp³-hybridized carbons (Fsp3) is 0.882. The van der Waals surface area contributed by atoms with E-state index in [-0.39, 0.29) is 23.5 Å². The van der Waals surface area contributed by atoms with Crippen LogP contribution >= 0.6 is 0 Å². The zero-order valence-corrected chi connectivity index (χ0v) is 14.8. The summed E-state index contributed by atoms with van der Waals surface area (Å²) in [7, 11) is 1.43. The van der Waals surface area contributed by atoms with Crippen molar-refractivity contribution < 1.29 is 19.1 Å². The van der Waals surface area contributed by atoms with Crippen LogP contribution in [0.3, 0.4) is 0 Å². The molecule has 0 heterocycles. The van der Waals surface area contributed by atoms with Crippen LogP contribution in [0.4, 0.5) is 4.79 Å². The molecule has 0 radical (unpaired) electrons. The molecule has 5 nitrogen and oxygen atoms in total. The minimum Gasteiger partial charge on any atom is -0.469 e. The van der Waals surface area contributed by atoms with E-state index in [0.29, 0.717) is 12.3 Å². The highest BCUT2D eigenvalue weighted by molar-refractivity contribution is 5.70. The zero-order valence-electron chi connectivity index (χ0n) is 14.8. The number of rotatable bonds is 4. The minimum atomic E-state index is -0.468. The Hall–Kier alpha value is -1.26. The van der Waals surface area contributed by atoms with Gasteiger partial charge in [0.2, 0.25) is 0 Å². The Labute approximate surface area is 134 Å². The average molecular weight is 313 g/mol. The van der Waals surface area contributed by atoms with E-state index in [1.54, 1.807) is 0 Å². The Morgan fingerprint density at radius 3 is 2.05 bits per heavy atom. The smallest absolute Gasteiger partial charge is 0.407 e. The second-order valence-corrected chi connectivity index (χ2v) is 7.94. The van der Waals surface area contributed by atoms with E-state index in [0.717, 1.165) is 25.7 Å². The average Bonchev–Trinajstić information content (AvgIpc) is 2.36. The van der Waals surface area contributed by atoms with Crippen molar-refractivity contribution in [3.63, 3.8) is 0 Å². The van der Waals surface area contributed by atoms with E-state index in [1.807, 2.05) is 20.8 Å². The molecule has 0 aliphatic heterocycles. The SMILES string of the molecule is COC(=O)CC(C)(C)C1CCC(NC(=O)OC(C)(C)C)CC1. The summed E-state index contributed by atoms with van der Waals surface area (Å²) >= 11 is 0. The molecule has 0 aromatic rings. The predicted octanol–water partition coefficient (Wildman–Crippen LogP) is 3.66. The Kier molecular flexibility index (Phi) is 6.27. The van der Waals surface area contributed by atoms with E-state index in [4.69, 9.17) is 9.47 Å². The van der Waals surface area contributed by atoms with Gasteiger partial charge in [0.05, 0.1) is 13.5 Å². The number of methoxy groups -OCH3 is 1. The number of nitrogens with one attached hydrogen (secondary N) is 1. The zero-order chi connectivity index (χ0) is 17.0. The largest absolute Gasteiger partial charge is 0.469 e. The number of carbonyl (C=O) groups is 2. The highest BCUT2D eigenvalue weighted by atomic mass is 16.6. The van der Waals surface area contributed by atoms with Gasteiger partial charge in [0, 0.05) is 6.04 Å². The molecule has 1 rings (SSSR count). The molecule has 1 aliphatic carbocycles. The van der Waals surface area contributed by atoms with Crippen LogP contribution in [0.25, 0.3) is 0 Å². The van der Waals surface area contributed by atoms with E-state index >= 15 is 0 Å². The standard InChI is InChI=1S/C17H31NO4/c1-16(2,3)22-15(20)18-13-9-7-12(8-10-13)17(4,5)11-14(19)21-6/h12-13H,7-11H2,1-6H3,(H,18,20). The first kappa shape index (κ1) is 18.8. The maximum absolute atomic E-state index is 11.8. The van der Waals surface area contributed by atoms with Crippen LogP contribution < -0.4 is 5.32 Å². The highest BCUT2D eigenvalue weighted by Crippen LogP contribution is 2.40. The third-order valence-electron chi connectivity index (χ3n) is 4.38. The lowest BCUT2D eigenvalue weighted by Crippen LogP contribution is -2.42. The fourth-order valence-electron chi connectivity index (χ4n) is 3.08. The van der Waals surface area contributed by atoms with Gasteiger partial charge in [0.25, 0.3) is 0 Å². The Balaban J connectivity index is 2.43. The van der Waals surface area contributed by atoms with Gasteiger partial charge >= 0.3 is 12.1 Å². The topological polar surface area (TPSA) is 64.6 Å². The molecular weight excluding hydrogens is 282 g/mol. The number of amides is 1. The number of esters is 1. The fourth-order valence-corrected chi connectivity index (χ4v) is 3.08. The molecule has 22 heavy (non-hydrogen) atoms. The molecule has 0 spiro atoms. The van der Waals surface area contributed by atoms with E-state index in [1.165, 1.54) is 7.11 Å². The van der Waals surface area contributed by atoms with Gasteiger partial charge in [-0.05, 0) is 57.8 Å². The quantitative estimate of drug-likeness (QED) is 0.804. The lowest BCUT2D eigenvalue weighted by molar-refractivity contribution is -0.144. The van der Waals surface area contributed by atoms with Crippen molar-refractivity contribution in [3.8, 4) is 0 Å². The van der Waals surface area contributed by atoms with E-state index in [2.05, 4.69) is 19.2 Å².